The number of carbonyl (C=O) groups is 1. The zero-order chi connectivity index (χ0) is 30.8. The standard InChI is InChI=1S/C39H75NO2/c1-4-7-9-11-13-15-17-19-20-21-22-24-26-28-30-32-34-36-39(42)40-37(6-3)38(41)35-33-31-29-27-25-23-18-16-14-12-10-8-5-2/h19-20,33,35,37-38,41H,4-18,21-32,34,36H2,1-3H3,(H,40,42)/b20-19-,35-33-. The highest BCUT2D eigenvalue weighted by Gasteiger charge is 2.16. The second-order valence-corrected chi connectivity index (χ2v) is 12.9. The summed E-state index contributed by atoms with van der Waals surface area (Å²) in [7, 11) is 0. The van der Waals surface area contributed by atoms with Crippen molar-refractivity contribution in [1.82, 2.24) is 5.32 Å². The molecule has 0 rings (SSSR count). The molecule has 42 heavy (non-hydrogen) atoms. The molecule has 0 aromatic rings. The van der Waals surface area contributed by atoms with Gasteiger partial charge in [-0.2, -0.15) is 0 Å². The Morgan fingerprint density at radius 3 is 1.29 bits per heavy atom. The average Bonchev–Trinajstić information content (AvgIpc) is 2.99. The van der Waals surface area contributed by atoms with Gasteiger partial charge in [0.05, 0.1) is 12.1 Å². The third-order valence-corrected chi connectivity index (χ3v) is 8.67. The largest absolute Gasteiger partial charge is 0.387 e. The lowest BCUT2D eigenvalue weighted by Crippen LogP contribution is -2.42. The highest BCUT2D eigenvalue weighted by molar-refractivity contribution is 5.76. The molecule has 2 N–H and O–H groups in total. The van der Waals surface area contributed by atoms with Crippen LogP contribution in [-0.4, -0.2) is 23.2 Å². The Hall–Kier alpha value is -1.09. The summed E-state index contributed by atoms with van der Waals surface area (Å²) in [5.41, 5.74) is 0. The Morgan fingerprint density at radius 1 is 0.524 bits per heavy atom. The summed E-state index contributed by atoms with van der Waals surface area (Å²) in [6, 6.07) is -0.175. The topological polar surface area (TPSA) is 49.3 Å². The zero-order valence-corrected chi connectivity index (χ0v) is 28.8. The summed E-state index contributed by atoms with van der Waals surface area (Å²) in [5.74, 6) is 0.0902. The van der Waals surface area contributed by atoms with Crippen molar-refractivity contribution in [2.24, 2.45) is 0 Å². The van der Waals surface area contributed by atoms with E-state index in [-0.39, 0.29) is 11.9 Å². The van der Waals surface area contributed by atoms with Gasteiger partial charge in [-0.3, -0.25) is 4.79 Å². The van der Waals surface area contributed by atoms with Crippen LogP contribution in [0, 0.1) is 0 Å². The molecule has 1 amide bonds. The lowest BCUT2D eigenvalue weighted by molar-refractivity contribution is -0.122. The highest BCUT2D eigenvalue weighted by atomic mass is 16.3. The fourth-order valence-corrected chi connectivity index (χ4v) is 5.71. The van der Waals surface area contributed by atoms with Crippen LogP contribution in [0.5, 0.6) is 0 Å². The van der Waals surface area contributed by atoms with E-state index in [4.69, 9.17) is 0 Å². The fourth-order valence-electron chi connectivity index (χ4n) is 5.71. The van der Waals surface area contributed by atoms with E-state index in [2.05, 4.69) is 37.4 Å². The minimum atomic E-state index is -0.586. The summed E-state index contributed by atoms with van der Waals surface area (Å²) in [4.78, 5) is 12.4. The van der Waals surface area contributed by atoms with Crippen molar-refractivity contribution < 1.29 is 9.90 Å². The molecule has 0 aromatic heterocycles. The number of aliphatic hydroxyl groups is 1. The number of hydrogen-bond donors (Lipinski definition) is 2. The maximum absolute atomic E-state index is 12.4. The molecule has 0 aliphatic carbocycles. The van der Waals surface area contributed by atoms with E-state index in [1.54, 1.807) is 0 Å². The van der Waals surface area contributed by atoms with Crippen molar-refractivity contribution in [2.45, 2.75) is 219 Å². The summed E-state index contributed by atoms with van der Waals surface area (Å²) in [6.07, 6.45) is 44.8. The molecular formula is C39H75NO2. The Kier molecular flexibility index (Phi) is 33.5. The normalized spacial score (nSPS) is 13.3. The number of allylic oxidation sites excluding steroid dienone is 3. The molecule has 248 valence electrons. The van der Waals surface area contributed by atoms with E-state index in [0.29, 0.717) is 6.42 Å². The second-order valence-electron chi connectivity index (χ2n) is 12.9. The van der Waals surface area contributed by atoms with E-state index in [9.17, 15) is 9.90 Å². The molecular weight excluding hydrogens is 514 g/mol. The van der Waals surface area contributed by atoms with Crippen LogP contribution in [0.2, 0.25) is 0 Å². The SMILES string of the molecule is CCCCCCCC/C=C\CCCCCCCCCC(=O)NC(CC)C(O)/C=C\CCCCCCCCCCCCC. The molecule has 0 saturated carbocycles. The van der Waals surface area contributed by atoms with E-state index in [0.717, 1.165) is 25.7 Å². The monoisotopic (exact) mass is 590 g/mol. The van der Waals surface area contributed by atoms with Crippen LogP contribution in [0.3, 0.4) is 0 Å². The number of unbranched alkanes of at least 4 members (excludes halogenated alkanes) is 24. The predicted octanol–water partition coefficient (Wildman–Crippen LogP) is 12.3. The molecule has 0 aliphatic rings. The lowest BCUT2D eigenvalue weighted by Gasteiger charge is -2.20. The number of rotatable bonds is 33. The number of aliphatic hydroxyl groups excluding tert-OH is 1. The number of nitrogens with one attached hydrogen (secondary N) is 1. The van der Waals surface area contributed by atoms with Gasteiger partial charge in [0.15, 0.2) is 0 Å². The molecule has 3 nitrogen and oxygen atoms in total. The third-order valence-electron chi connectivity index (χ3n) is 8.67. The van der Waals surface area contributed by atoms with Crippen molar-refractivity contribution in [3.63, 3.8) is 0 Å². The van der Waals surface area contributed by atoms with E-state index in [1.807, 2.05) is 13.0 Å². The quantitative estimate of drug-likeness (QED) is 0.0591. The Bertz CT molecular complexity index is 599. The zero-order valence-electron chi connectivity index (χ0n) is 28.8. The van der Waals surface area contributed by atoms with Crippen LogP contribution in [0.1, 0.15) is 207 Å². The summed E-state index contributed by atoms with van der Waals surface area (Å²) >= 11 is 0. The minimum absolute atomic E-state index is 0.0902. The van der Waals surface area contributed by atoms with Crippen LogP contribution in [0.25, 0.3) is 0 Å². The molecule has 0 fully saturated rings. The Morgan fingerprint density at radius 2 is 0.881 bits per heavy atom. The molecule has 0 spiro atoms. The van der Waals surface area contributed by atoms with Gasteiger partial charge in [-0.15, -0.1) is 0 Å². The first kappa shape index (κ1) is 40.9. The van der Waals surface area contributed by atoms with Gasteiger partial charge < -0.3 is 10.4 Å². The van der Waals surface area contributed by atoms with Crippen molar-refractivity contribution >= 4 is 5.91 Å². The van der Waals surface area contributed by atoms with E-state index >= 15 is 0 Å². The first-order valence-electron chi connectivity index (χ1n) is 18.9. The van der Waals surface area contributed by atoms with Crippen LogP contribution in [-0.2, 0) is 4.79 Å². The van der Waals surface area contributed by atoms with Gasteiger partial charge in [-0.1, -0.05) is 173 Å². The van der Waals surface area contributed by atoms with E-state index in [1.165, 1.54) is 154 Å². The number of amides is 1. The molecule has 2 atom stereocenters. The number of hydrogen-bond acceptors (Lipinski definition) is 2. The van der Waals surface area contributed by atoms with Crippen molar-refractivity contribution in [2.75, 3.05) is 0 Å². The van der Waals surface area contributed by atoms with E-state index < -0.39 is 6.10 Å². The van der Waals surface area contributed by atoms with Gasteiger partial charge in [0, 0.05) is 6.42 Å². The molecule has 0 bridgehead atoms. The minimum Gasteiger partial charge on any atom is -0.387 e. The van der Waals surface area contributed by atoms with Gasteiger partial charge in [-0.25, -0.2) is 0 Å². The first-order valence-corrected chi connectivity index (χ1v) is 18.9. The predicted molar refractivity (Wildman–Crippen MR) is 187 cm³/mol. The average molecular weight is 590 g/mol. The Labute approximate surface area is 264 Å². The molecule has 2 unspecified atom stereocenters. The van der Waals surface area contributed by atoms with Crippen molar-refractivity contribution in [1.29, 1.82) is 0 Å². The van der Waals surface area contributed by atoms with Crippen molar-refractivity contribution in [3.8, 4) is 0 Å². The summed E-state index contributed by atoms with van der Waals surface area (Å²) < 4.78 is 0. The highest BCUT2D eigenvalue weighted by Crippen LogP contribution is 2.14. The molecule has 0 radical (unpaired) electrons. The van der Waals surface area contributed by atoms with Gasteiger partial charge in [0.1, 0.15) is 0 Å². The smallest absolute Gasteiger partial charge is 0.220 e. The van der Waals surface area contributed by atoms with Gasteiger partial charge in [0.25, 0.3) is 0 Å². The fraction of sp³-hybridized carbons (Fsp3) is 0.872. The van der Waals surface area contributed by atoms with Crippen LogP contribution in [0.15, 0.2) is 24.3 Å². The van der Waals surface area contributed by atoms with Gasteiger partial charge in [-0.05, 0) is 51.4 Å². The van der Waals surface area contributed by atoms with Crippen LogP contribution in [0.4, 0.5) is 0 Å². The molecule has 3 heteroatoms. The Balaban J connectivity index is 3.62. The maximum atomic E-state index is 12.4. The molecule has 0 aliphatic heterocycles. The third kappa shape index (κ3) is 30.4. The van der Waals surface area contributed by atoms with Crippen LogP contribution >= 0.6 is 0 Å². The summed E-state index contributed by atoms with van der Waals surface area (Å²) in [6.45, 7) is 6.59. The summed E-state index contributed by atoms with van der Waals surface area (Å²) in [5, 5.41) is 13.6. The molecule has 0 aromatic carbocycles. The number of carbonyl (C=O) groups excluding carboxylic acids is 1. The van der Waals surface area contributed by atoms with Crippen LogP contribution < -0.4 is 5.32 Å². The molecule has 0 heterocycles. The van der Waals surface area contributed by atoms with Gasteiger partial charge in [0.2, 0.25) is 5.91 Å². The van der Waals surface area contributed by atoms with Gasteiger partial charge >= 0.3 is 0 Å². The maximum Gasteiger partial charge on any atom is 0.220 e. The first-order chi connectivity index (χ1) is 20.7. The molecule has 0 saturated heterocycles. The lowest BCUT2D eigenvalue weighted by atomic mass is 10.0. The second kappa shape index (κ2) is 34.4. The van der Waals surface area contributed by atoms with Crippen molar-refractivity contribution in [3.05, 3.63) is 24.3 Å².